The number of aryl methyl sites for hydroxylation is 1. The average Bonchev–Trinajstić information content (AvgIpc) is 2.94. The van der Waals surface area contributed by atoms with E-state index in [1.165, 1.54) is 12.5 Å². The van der Waals surface area contributed by atoms with Crippen LogP contribution in [0.5, 0.6) is 0 Å². The van der Waals surface area contributed by atoms with E-state index in [0.29, 0.717) is 11.3 Å². The van der Waals surface area contributed by atoms with Crippen LogP contribution >= 0.6 is 0 Å². The van der Waals surface area contributed by atoms with Crippen LogP contribution in [0.4, 0.5) is 0 Å². The Morgan fingerprint density at radius 1 is 1.59 bits per heavy atom. The highest BCUT2D eigenvalue weighted by Gasteiger charge is 2.17. The maximum atomic E-state index is 11.1. The van der Waals surface area contributed by atoms with Gasteiger partial charge in [0.1, 0.15) is 11.3 Å². The first-order valence-electron chi connectivity index (χ1n) is 5.55. The smallest absolute Gasteiger partial charge is 0.339 e. The summed E-state index contributed by atoms with van der Waals surface area (Å²) in [7, 11) is 0. The van der Waals surface area contributed by atoms with Crippen LogP contribution < -0.4 is 0 Å². The van der Waals surface area contributed by atoms with Gasteiger partial charge >= 0.3 is 5.97 Å². The summed E-state index contributed by atoms with van der Waals surface area (Å²) in [6.07, 6.45) is 6.60. The molecule has 2 aromatic rings. The van der Waals surface area contributed by atoms with E-state index in [2.05, 4.69) is 12.0 Å². The van der Waals surface area contributed by atoms with Gasteiger partial charge in [-0.05, 0) is 12.5 Å². The molecule has 5 heteroatoms. The monoisotopic (exact) mass is 234 g/mol. The second-order valence-corrected chi connectivity index (χ2v) is 3.83. The van der Waals surface area contributed by atoms with Gasteiger partial charge in [-0.1, -0.05) is 13.3 Å². The molecular formula is C12H14N2O3. The molecule has 0 saturated heterocycles. The third-order valence-electron chi connectivity index (χ3n) is 2.53. The Balaban J connectivity index is 2.36. The van der Waals surface area contributed by atoms with Crippen molar-refractivity contribution >= 4 is 5.97 Å². The van der Waals surface area contributed by atoms with Gasteiger partial charge in [0, 0.05) is 18.3 Å². The standard InChI is InChI=1S/C12H14N2O3/c1-2-3-5-14-7-10(12(15)16)11(13-14)9-4-6-17-8-9/h4,6-8H,2-3,5H2,1H3,(H,15,16). The van der Waals surface area contributed by atoms with E-state index in [9.17, 15) is 4.79 Å². The first-order chi connectivity index (χ1) is 8.22. The van der Waals surface area contributed by atoms with Crippen molar-refractivity contribution in [1.29, 1.82) is 0 Å². The van der Waals surface area contributed by atoms with Gasteiger partial charge in [0.15, 0.2) is 0 Å². The molecule has 0 bridgehead atoms. The predicted molar refractivity (Wildman–Crippen MR) is 61.8 cm³/mol. The first-order valence-corrected chi connectivity index (χ1v) is 5.55. The number of rotatable bonds is 5. The molecule has 0 fully saturated rings. The van der Waals surface area contributed by atoms with Gasteiger partial charge in [0.2, 0.25) is 0 Å². The Morgan fingerprint density at radius 2 is 2.41 bits per heavy atom. The number of aromatic carboxylic acids is 1. The van der Waals surface area contributed by atoms with Gasteiger partial charge in [-0.2, -0.15) is 5.10 Å². The minimum atomic E-state index is -0.969. The molecular weight excluding hydrogens is 220 g/mol. The zero-order valence-electron chi connectivity index (χ0n) is 9.59. The Morgan fingerprint density at radius 3 is 3.00 bits per heavy atom. The van der Waals surface area contributed by atoms with Gasteiger partial charge in [-0.15, -0.1) is 0 Å². The Hall–Kier alpha value is -2.04. The van der Waals surface area contributed by atoms with E-state index in [1.54, 1.807) is 16.9 Å². The van der Waals surface area contributed by atoms with Crippen molar-refractivity contribution in [3.05, 3.63) is 30.4 Å². The number of furan rings is 1. The lowest BCUT2D eigenvalue weighted by Gasteiger charge is -1.97. The van der Waals surface area contributed by atoms with Gasteiger partial charge in [0.25, 0.3) is 0 Å². The Labute approximate surface area is 98.7 Å². The lowest BCUT2D eigenvalue weighted by molar-refractivity contribution is 0.0697. The number of carboxylic acid groups (broad SMARTS) is 1. The van der Waals surface area contributed by atoms with Gasteiger partial charge in [0.05, 0.1) is 12.5 Å². The predicted octanol–water partition coefficient (Wildman–Crippen LogP) is 2.64. The molecule has 0 aliphatic heterocycles. The van der Waals surface area contributed by atoms with E-state index in [4.69, 9.17) is 9.52 Å². The molecule has 0 amide bonds. The maximum absolute atomic E-state index is 11.1. The summed E-state index contributed by atoms with van der Waals surface area (Å²) in [5.74, 6) is -0.969. The lowest BCUT2D eigenvalue weighted by Crippen LogP contribution is -1.98. The fraction of sp³-hybridized carbons (Fsp3) is 0.333. The summed E-state index contributed by atoms with van der Waals surface area (Å²) >= 11 is 0. The molecule has 2 aromatic heterocycles. The van der Waals surface area contributed by atoms with Crippen LogP contribution in [-0.2, 0) is 6.54 Å². The zero-order valence-corrected chi connectivity index (χ0v) is 9.59. The van der Waals surface area contributed by atoms with Gasteiger partial charge in [-0.25, -0.2) is 4.79 Å². The molecule has 2 heterocycles. The lowest BCUT2D eigenvalue weighted by atomic mass is 10.1. The molecule has 0 saturated carbocycles. The van der Waals surface area contributed by atoms with Crippen LogP contribution in [0, 0.1) is 0 Å². The molecule has 0 aromatic carbocycles. The minimum absolute atomic E-state index is 0.211. The highest BCUT2D eigenvalue weighted by Crippen LogP contribution is 2.22. The maximum Gasteiger partial charge on any atom is 0.339 e. The Kier molecular flexibility index (Phi) is 3.27. The molecule has 0 atom stereocenters. The van der Waals surface area contributed by atoms with E-state index in [-0.39, 0.29) is 5.56 Å². The van der Waals surface area contributed by atoms with Crippen molar-refractivity contribution in [2.75, 3.05) is 0 Å². The molecule has 17 heavy (non-hydrogen) atoms. The second kappa shape index (κ2) is 4.86. The summed E-state index contributed by atoms with van der Waals surface area (Å²) in [5, 5.41) is 13.4. The average molecular weight is 234 g/mol. The van der Waals surface area contributed by atoms with E-state index in [0.717, 1.165) is 19.4 Å². The van der Waals surface area contributed by atoms with E-state index in [1.807, 2.05) is 0 Å². The molecule has 0 aliphatic rings. The summed E-state index contributed by atoms with van der Waals surface area (Å²) in [6, 6.07) is 1.71. The van der Waals surface area contributed by atoms with Crippen LogP contribution in [-0.4, -0.2) is 20.9 Å². The van der Waals surface area contributed by atoms with Crippen molar-refractivity contribution in [2.24, 2.45) is 0 Å². The molecule has 0 spiro atoms. The normalized spacial score (nSPS) is 10.6. The molecule has 5 nitrogen and oxygen atoms in total. The SMILES string of the molecule is CCCCn1cc(C(=O)O)c(-c2ccoc2)n1. The van der Waals surface area contributed by atoms with Gasteiger partial charge < -0.3 is 9.52 Å². The molecule has 2 rings (SSSR count). The molecule has 90 valence electrons. The van der Waals surface area contributed by atoms with Crippen molar-refractivity contribution in [3.8, 4) is 11.3 Å². The number of hydrogen-bond acceptors (Lipinski definition) is 3. The van der Waals surface area contributed by atoms with Crippen molar-refractivity contribution in [3.63, 3.8) is 0 Å². The highest BCUT2D eigenvalue weighted by molar-refractivity contribution is 5.94. The number of aromatic nitrogens is 2. The van der Waals surface area contributed by atoms with Crippen molar-refractivity contribution in [2.45, 2.75) is 26.3 Å². The summed E-state index contributed by atoms with van der Waals surface area (Å²) < 4.78 is 6.63. The Bertz CT molecular complexity index is 500. The minimum Gasteiger partial charge on any atom is -0.478 e. The second-order valence-electron chi connectivity index (χ2n) is 3.83. The molecule has 0 aliphatic carbocycles. The fourth-order valence-electron chi connectivity index (χ4n) is 1.62. The van der Waals surface area contributed by atoms with Crippen molar-refractivity contribution in [1.82, 2.24) is 9.78 Å². The quantitative estimate of drug-likeness (QED) is 0.863. The number of carbonyl (C=O) groups is 1. The van der Waals surface area contributed by atoms with E-state index >= 15 is 0 Å². The number of unbranched alkanes of at least 4 members (excludes halogenated alkanes) is 1. The van der Waals surface area contributed by atoms with Crippen LogP contribution in [0.15, 0.2) is 29.2 Å². The zero-order chi connectivity index (χ0) is 12.3. The summed E-state index contributed by atoms with van der Waals surface area (Å²) in [5.41, 5.74) is 1.36. The fourth-order valence-corrected chi connectivity index (χ4v) is 1.62. The van der Waals surface area contributed by atoms with Crippen LogP contribution in [0.2, 0.25) is 0 Å². The molecule has 0 radical (unpaired) electrons. The first kappa shape index (κ1) is 11.4. The van der Waals surface area contributed by atoms with Crippen LogP contribution in [0.3, 0.4) is 0 Å². The van der Waals surface area contributed by atoms with Crippen molar-refractivity contribution < 1.29 is 14.3 Å². The summed E-state index contributed by atoms with van der Waals surface area (Å²) in [6.45, 7) is 2.81. The highest BCUT2D eigenvalue weighted by atomic mass is 16.4. The number of hydrogen-bond donors (Lipinski definition) is 1. The number of carboxylic acids is 1. The van der Waals surface area contributed by atoms with Crippen LogP contribution in [0.1, 0.15) is 30.1 Å². The third-order valence-corrected chi connectivity index (χ3v) is 2.53. The van der Waals surface area contributed by atoms with Crippen LogP contribution in [0.25, 0.3) is 11.3 Å². The van der Waals surface area contributed by atoms with Gasteiger partial charge in [-0.3, -0.25) is 4.68 Å². The summed E-state index contributed by atoms with van der Waals surface area (Å²) in [4.78, 5) is 11.1. The topological polar surface area (TPSA) is 68.3 Å². The third kappa shape index (κ3) is 2.38. The largest absolute Gasteiger partial charge is 0.478 e. The molecule has 1 N–H and O–H groups in total. The number of nitrogens with zero attached hydrogens (tertiary/aromatic N) is 2. The van der Waals surface area contributed by atoms with E-state index < -0.39 is 5.97 Å². The molecule has 0 unspecified atom stereocenters.